The first-order valence-corrected chi connectivity index (χ1v) is 14.9. The van der Waals surface area contributed by atoms with Crippen molar-refractivity contribution in [3.05, 3.63) is 139 Å². The molecule has 5 aromatic carbocycles. The molecule has 9 rings (SSSR count). The molecule has 2 unspecified atom stereocenters. The molecule has 0 amide bonds. The van der Waals surface area contributed by atoms with Crippen LogP contribution in [0.5, 0.6) is 0 Å². The first-order valence-electron chi connectivity index (χ1n) is 14.9. The predicted molar refractivity (Wildman–Crippen MR) is 178 cm³/mol. The minimum Gasteiger partial charge on any atom is -0.378 e. The van der Waals surface area contributed by atoms with Gasteiger partial charge in [0.25, 0.3) is 0 Å². The molecule has 0 bridgehead atoms. The van der Waals surface area contributed by atoms with Gasteiger partial charge >= 0.3 is 0 Å². The fourth-order valence-corrected chi connectivity index (χ4v) is 7.70. The van der Waals surface area contributed by atoms with Crippen LogP contribution in [0.4, 0.5) is 5.69 Å². The van der Waals surface area contributed by atoms with Crippen LogP contribution < -0.4 is 5.32 Å². The van der Waals surface area contributed by atoms with Crippen molar-refractivity contribution in [1.82, 2.24) is 9.13 Å². The maximum Gasteiger partial charge on any atom is 0.0541 e. The maximum absolute atomic E-state index is 3.89. The van der Waals surface area contributed by atoms with Crippen LogP contribution >= 0.6 is 0 Å². The Labute approximate surface area is 245 Å². The number of benzene rings is 5. The van der Waals surface area contributed by atoms with Crippen molar-refractivity contribution >= 4 is 55.0 Å². The number of hydrogen-bond donors (Lipinski definition) is 1. The third-order valence-corrected chi connectivity index (χ3v) is 9.74. The second kappa shape index (κ2) is 8.50. The first kappa shape index (κ1) is 23.7. The molecule has 3 heterocycles. The average molecular weight is 542 g/mol. The van der Waals surface area contributed by atoms with E-state index in [1.807, 2.05) is 0 Å². The molecular weight excluding hydrogens is 510 g/mol. The van der Waals surface area contributed by atoms with E-state index in [2.05, 4.69) is 162 Å². The Morgan fingerprint density at radius 2 is 1.10 bits per heavy atom. The second-order valence-electron chi connectivity index (χ2n) is 12.3. The molecule has 0 spiro atoms. The standard InChI is InChI=1S/C39H31N3/c1-39(2)31-23-25(41-35-15-7-3-11-27(35)28-12-4-8-16-36(28)41)19-21-33(31)40-34-22-20-26(24-32(34)39)42-37-17-9-5-13-29(37)30-14-6-10-18-38(30)42/h3-24,31,33,40H,1-2H3. The molecule has 2 atom stereocenters. The molecule has 1 N–H and O–H groups in total. The highest BCUT2D eigenvalue weighted by Gasteiger charge is 2.42. The summed E-state index contributed by atoms with van der Waals surface area (Å²) in [4.78, 5) is 0. The normalized spacial score (nSPS) is 19.1. The van der Waals surface area contributed by atoms with Gasteiger partial charge in [0.15, 0.2) is 0 Å². The summed E-state index contributed by atoms with van der Waals surface area (Å²) in [5.41, 5.74) is 9.93. The Hall–Kier alpha value is -5.02. The first-order chi connectivity index (χ1) is 20.6. The van der Waals surface area contributed by atoms with Crippen LogP contribution in [0.2, 0.25) is 0 Å². The molecule has 7 aromatic rings. The molecular formula is C39H31N3. The summed E-state index contributed by atoms with van der Waals surface area (Å²) >= 11 is 0. The highest BCUT2D eigenvalue weighted by atomic mass is 15.0. The summed E-state index contributed by atoms with van der Waals surface area (Å²) in [6.45, 7) is 4.83. The number of para-hydroxylation sites is 4. The molecule has 2 aromatic heterocycles. The van der Waals surface area contributed by atoms with E-state index in [1.165, 1.54) is 66.2 Å². The Morgan fingerprint density at radius 3 is 1.64 bits per heavy atom. The molecule has 2 aliphatic rings. The lowest BCUT2D eigenvalue weighted by Gasteiger charge is -2.45. The lowest BCUT2D eigenvalue weighted by molar-refractivity contribution is 0.350. The predicted octanol–water partition coefficient (Wildman–Crippen LogP) is 9.69. The van der Waals surface area contributed by atoms with Gasteiger partial charge in [0.2, 0.25) is 0 Å². The van der Waals surface area contributed by atoms with E-state index in [4.69, 9.17) is 0 Å². The molecule has 1 aliphatic carbocycles. The Balaban J connectivity index is 1.21. The fraction of sp³-hybridized carbons (Fsp3) is 0.128. The van der Waals surface area contributed by atoms with E-state index in [1.54, 1.807) is 0 Å². The molecule has 0 radical (unpaired) electrons. The SMILES string of the molecule is CC1(C)c2cc(-n3c4ccccc4c4ccccc43)ccc2NC2C=CC(n3c4ccccc4c4ccccc43)=CC21. The Morgan fingerprint density at radius 1 is 0.595 bits per heavy atom. The largest absolute Gasteiger partial charge is 0.378 e. The zero-order valence-electron chi connectivity index (χ0n) is 23.8. The monoisotopic (exact) mass is 541 g/mol. The number of allylic oxidation sites excluding steroid dienone is 2. The van der Waals surface area contributed by atoms with E-state index in [9.17, 15) is 0 Å². The van der Waals surface area contributed by atoms with Crippen molar-refractivity contribution < 1.29 is 0 Å². The topological polar surface area (TPSA) is 21.9 Å². The summed E-state index contributed by atoms with van der Waals surface area (Å²) in [5, 5.41) is 9.07. The van der Waals surface area contributed by atoms with Crippen LogP contribution in [0.3, 0.4) is 0 Å². The number of hydrogen-bond acceptors (Lipinski definition) is 1. The minimum atomic E-state index is -0.0885. The highest BCUT2D eigenvalue weighted by molar-refractivity contribution is 6.11. The van der Waals surface area contributed by atoms with Gasteiger partial charge in [0.1, 0.15) is 0 Å². The van der Waals surface area contributed by atoms with Gasteiger partial charge in [-0.25, -0.2) is 0 Å². The highest BCUT2D eigenvalue weighted by Crippen LogP contribution is 2.48. The smallest absolute Gasteiger partial charge is 0.0541 e. The van der Waals surface area contributed by atoms with Crippen LogP contribution in [0.15, 0.2) is 133 Å². The van der Waals surface area contributed by atoms with E-state index in [-0.39, 0.29) is 11.5 Å². The third kappa shape index (κ3) is 3.16. The Kier molecular flexibility index (Phi) is 4.79. The number of nitrogens with one attached hydrogen (secondary N) is 1. The number of anilines is 1. The minimum absolute atomic E-state index is 0.0885. The van der Waals surface area contributed by atoms with Gasteiger partial charge in [0.05, 0.1) is 28.1 Å². The van der Waals surface area contributed by atoms with Crippen LogP contribution in [-0.2, 0) is 5.41 Å². The number of rotatable bonds is 2. The summed E-state index contributed by atoms with van der Waals surface area (Å²) in [6, 6.07) is 42.2. The Bertz CT molecular complexity index is 2170. The van der Waals surface area contributed by atoms with Crippen molar-refractivity contribution in [2.45, 2.75) is 25.3 Å². The van der Waals surface area contributed by atoms with Crippen LogP contribution in [0, 0.1) is 5.92 Å². The van der Waals surface area contributed by atoms with Gasteiger partial charge < -0.3 is 14.5 Å². The lowest BCUT2D eigenvalue weighted by atomic mass is 9.65. The molecule has 0 fully saturated rings. The van der Waals surface area contributed by atoms with E-state index in [0.717, 1.165) is 0 Å². The third-order valence-electron chi connectivity index (χ3n) is 9.74. The molecule has 1 aliphatic heterocycles. The summed E-state index contributed by atoms with van der Waals surface area (Å²) in [6.07, 6.45) is 7.18. The number of nitrogens with zero attached hydrogens (tertiary/aromatic N) is 2. The second-order valence-corrected chi connectivity index (χ2v) is 12.3. The van der Waals surface area contributed by atoms with Crippen LogP contribution in [0.25, 0.3) is 55.0 Å². The average Bonchev–Trinajstić information content (AvgIpc) is 3.54. The van der Waals surface area contributed by atoms with Gasteiger partial charge in [-0.2, -0.15) is 0 Å². The van der Waals surface area contributed by atoms with Crippen LogP contribution in [0.1, 0.15) is 19.4 Å². The number of fused-ring (bicyclic) bond motifs is 8. The quantitative estimate of drug-likeness (QED) is 0.231. The van der Waals surface area contributed by atoms with Crippen molar-refractivity contribution in [3.8, 4) is 5.69 Å². The zero-order chi connectivity index (χ0) is 28.0. The van der Waals surface area contributed by atoms with Gasteiger partial charge in [0, 0.05) is 49.9 Å². The van der Waals surface area contributed by atoms with Crippen molar-refractivity contribution in [3.63, 3.8) is 0 Å². The van der Waals surface area contributed by atoms with Crippen molar-refractivity contribution in [2.75, 3.05) is 5.32 Å². The zero-order valence-corrected chi connectivity index (χ0v) is 23.8. The summed E-state index contributed by atoms with van der Waals surface area (Å²) in [5.74, 6) is 0.290. The van der Waals surface area contributed by atoms with Crippen LogP contribution in [-0.4, -0.2) is 15.2 Å². The summed E-state index contributed by atoms with van der Waals surface area (Å²) in [7, 11) is 0. The molecule has 0 saturated carbocycles. The molecule has 202 valence electrons. The molecule has 3 heteroatoms. The van der Waals surface area contributed by atoms with Gasteiger partial charge in [-0.3, -0.25) is 0 Å². The lowest BCUT2D eigenvalue weighted by Crippen LogP contribution is -2.45. The van der Waals surface area contributed by atoms with E-state index >= 15 is 0 Å². The summed E-state index contributed by atoms with van der Waals surface area (Å²) < 4.78 is 4.87. The van der Waals surface area contributed by atoms with Crippen molar-refractivity contribution in [1.29, 1.82) is 0 Å². The fourth-order valence-electron chi connectivity index (χ4n) is 7.70. The van der Waals surface area contributed by atoms with Gasteiger partial charge in [-0.15, -0.1) is 0 Å². The van der Waals surface area contributed by atoms with Crippen molar-refractivity contribution in [2.24, 2.45) is 5.92 Å². The van der Waals surface area contributed by atoms with E-state index in [0.29, 0.717) is 5.92 Å². The molecule has 3 nitrogen and oxygen atoms in total. The number of aromatic nitrogens is 2. The molecule has 0 saturated heterocycles. The maximum atomic E-state index is 3.89. The van der Waals surface area contributed by atoms with Gasteiger partial charge in [-0.05, 0) is 54.1 Å². The van der Waals surface area contributed by atoms with Gasteiger partial charge in [-0.1, -0.05) is 98.8 Å². The molecule has 42 heavy (non-hydrogen) atoms. The van der Waals surface area contributed by atoms with E-state index < -0.39 is 0 Å².